The Hall–Kier alpha value is -1.57. The molecule has 0 atom stereocenters. The van der Waals surface area contributed by atoms with Crippen LogP contribution in [0.4, 0.5) is 0 Å². The van der Waals surface area contributed by atoms with Gasteiger partial charge in [0.05, 0.1) is 47.8 Å². The van der Waals surface area contributed by atoms with Crippen molar-refractivity contribution >= 4 is 96.3 Å². The summed E-state index contributed by atoms with van der Waals surface area (Å²) in [5, 5.41) is 9.16. The van der Waals surface area contributed by atoms with Crippen molar-refractivity contribution in [1.29, 1.82) is 0 Å². The van der Waals surface area contributed by atoms with Gasteiger partial charge >= 0.3 is 5.97 Å². The number of carbonyl (C=O) groups excluding carboxylic acids is 1. The van der Waals surface area contributed by atoms with E-state index in [9.17, 15) is 4.79 Å². The summed E-state index contributed by atoms with van der Waals surface area (Å²) in [7, 11) is 4.62. The summed E-state index contributed by atoms with van der Waals surface area (Å²) < 4.78 is 30.4. The fourth-order valence-corrected chi connectivity index (χ4v) is 7.32. The molecule has 0 bridgehead atoms. The highest BCUT2D eigenvalue weighted by Crippen LogP contribution is 2.35. The predicted molar refractivity (Wildman–Crippen MR) is 187 cm³/mol. The van der Waals surface area contributed by atoms with Crippen LogP contribution < -0.4 is 18.9 Å². The number of aliphatic hydroxyl groups excluding tert-OH is 1. The highest BCUT2D eigenvalue weighted by atomic mass is 127. The minimum atomic E-state index is -0.359. The Morgan fingerprint density at radius 1 is 0.625 bits per heavy atom. The van der Waals surface area contributed by atoms with Crippen molar-refractivity contribution in [2.24, 2.45) is 0 Å². The zero-order valence-corrected chi connectivity index (χ0v) is 30.2. The number of methoxy groups -OCH3 is 3. The zero-order chi connectivity index (χ0) is 29.2. The lowest BCUT2D eigenvalue weighted by atomic mass is 10.2. The van der Waals surface area contributed by atoms with Gasteiger partial charge in [0.25, 0.3) is 0 Å². The van der Waals surface area contributed by atoms with Crippen LogP contribution in [-0.2, 0) is 11.3 Å². The largest absolute Gasteiger partial charge is 0.497 e. The molecule has 1 N–H and O–H groups in total. The van der Waals surface area contributed by atoms with Crippen molar-refractivity contribution in [3.05, 3.63) is 98.2 Å². The van der Waals surface area contributed by atoms with Gasteiger partial charge in [-0.2, -0.15) is 0 Å². The van der Waals surface area contributed by atoms with Gasteiger partial charge in [-0.3, -0.25) is 0 Å². The second-order valence-corrected chi connectivity index (χ2v) is 12.5. The smallest absolute Gasteiger partial charge is 0.337 e. The fourth-order valence-electron chi connectivity index (χ4n) is 3.22. The number of halogens is 4. The molecule has 40 heavy (non-hydrogen) atoms. The molecule has 11 heteroatoms. The van der Waals surface area contributed by atoms with Gasteiger partial charge in [0.15, 0.2) is 11.5 Å². The molecule has 0 fully saturated rings. The summed E-state index contributed by atoms with van der Waals surface area (Å²) in [5.74, 6) is 4.20. The number of aliphatic hydroxyl groups is 1. The van der Waals surface area contributed by atoms with E-state index in [1.165, 1.54) is 7.11 Å². The normalized spacial score (nSPS) is 10.2. The monoisotopic (exact) mass is 992 g/mol. The number of rotatable bonds is 8. The van der Waals surface area contributed by atoms with Gasteiger partial charge in [-0.15, -0.1) is 0 Å². The van der Waals surface area contributed by atoms with Gasteiger partial charge in [-0.25, -0.2) is 4.79 Å². The number of hydrogen-bond donors (Lipinski definition) is 1. The minimum Gasteiger partial charge on any atom is -0.497 e. The van der Waals surface area contributed by atoms with Gasteiger partial charge in [0, 0.05) is 0 Å². The first-order valence-corrected chi connectivity index (χ1v) is 15.8. The molecule has 0 aromatic heterocycles. The van der Waals surface area contributed by atoms with Gasteiger partial charge in [0.2, 0.25) is 0 Å². The molecule has 0 amide bonds. The van der Waals surface area contributed by atoms with Crippen LogP contribution in [0.15, 0.2) is 72.8 Å². The molecule has 0 aliphatic heterocycles. The number of ether oxygens (including phenoxy) is 5. The highest BCUT2D eigenvalue weighted by molar-refractivity contribution is 14.1. The van der Waals surface area contributed by atoms with Crippen molar-refractivity contribution in [3.8, 4) is 34.5 Å². The van der Waals surface area contributed by atoms with E-state index in [2.05, 4.69) is 90.4 Å². The maximum absolute atomic E-state index is 11.6. The molecule has 7 nitrogen and oxygen atoms in total. The molecule has 0 saturated heterocycles. The summed E-state index contributed by atoms with van der Waals surface area (Å²) in [5.41, 5.74) is 1.39. The van der Waals surface area contributed by atoms with E-state index in [0.29, 0.717) is 17.1 Å². The molecule has 4 aromatic carbocycles. The van der Waals surface area contributed by atoms with Crippen molar-refractivity contribution in [2.75, 3.05) is 21.3 Å². The van der Waals surface area contributed by atoms with Crippen LogP contribution in [-0.4, -0.2) is 32.4 Å². The van der Waals surface area contributed by atoms with E-state index < -0.39 is 0 Å². The van der Waals surface area contributed by atoms with Gasteiger partial charge in [-0.05, 0) is 169 Å². The van der Waals surface area contributed by atoms with Crippen LogP contribution in [0.1, 0.15) is 15.9 Å². The summed E-state index contributed by atoms with van der Waals surface area (Å²) in [6, 6.07) is 22.1. The average Bonchev–Trinajstić information content (AvgIpc) is 2.97. The maximum atomic E-state index is 11.6. The van der Waals surface area contributed by atoms with E-state index in [-0.39, 0.29) is 12.6 Å². The molecule has 4 aromatic rings. The van der Waals surface area contributed by atoms with Gasteiger partial charge in [0.1, 0.15) is 23.0 Å². The van der Waals surface area contributed by atoms with Crippen molar-refractivity contribution < 1.29 is 33.6 Å². The summed E-state index contributed by atoms with van der Waals surface area (Å²) in [6.07, 6.45) is 0. The first kappa shape index (κ1) is 32.9. The third-order valence-corrected chi connectivity index (χ3v) is 8.42. The Kier molecular flexibility index (Phi) is 13.3. The predicted octanol–water partition coefficient (Wildman–Crippen LogP) is 8.67. The summed E-state index contributed by atoms with van der Waals surface area (Å²) >= 11 is 8.70. The topological polar surface area (TPSA) is 83.5 Å². The van der Waals surface area contributed by atoms with Crippen LogP contribution >= 0.6 is 90.4 Å². The molecule has 0 radical (unpaired) electrons. The lowest BCUT2D eigenvalue weighted by Crippen LogP contribution is -2.03. The fraction of sp³-hybridized carbons (Fsp3) is 0.138. The summed E-state index contributed by atoms with van der Waals surface area (Å²) in [6.45, 7) is 0.0365. The second kappa shape index (κ2) is 16.2. The third-order valence-electron chi connectivity index (χ3n) is 5.22. The molecule has 210 valence electrons. The van der Waals surface area contributed by atoms with Crippen LogP contribution in [0.5, 0.6) is 34.5 Å². The number of esters is 1. The minimum absolute atomic E-state index is 0.0365. The lowest BCUT2D eigenvalue weighted by Gasteiger charge is -2.12. The SMILES string of the molecule is COC(=O)c1cc(I)c(Oc2ccc(OC)cc2)c(I)c1.COc1ccc(Oc2c(I)cc(CO)cc2I)cc1. The van der Waals surface area contributed by atoms with Gasteiger partial charge < -0.3 is 28.8 Å². The van der Waals surface area contributed by atoms with E-state index in [0.717, 1.165) is 42.8 Å². The molecule has 0 unspecified atom stereocenters. The van der Waals surface area contributed by atoms with E-state index in [1.54, 1.807) is 26.4 Å². The Morgan fingerprint density at radius 3 is 1.30 bits per heavy atom. The molecule has 0 aliphatic rings. The van der Waals surface area contributed by atoms with Crippen LogP contribution in [0.25, 0.3) is 0 Å². The van der Waals surface area contributed by atoms with Crippen LogP contribution in [0.3, 0.4) is 0 Å². The maximum Gasteiger partial charge on any atom is 0.337 e. The Bertz CT molecular complexity index is 1400. The molecule has 4 rings (SSSR count). The van der Waals surface area contributed by atoms with E-state index in [1.807, 2.05) is 60.7 Å². The second-order valence-electron chi connectivity index (χ2n) is 7.86. The van der Waals surface area contributed by atoms with Crippen LogP contribution in [0.2, 0.25) is 0 Å². The van der Waals surface area contributed by atoms with Crippen LogP contribution in [0, 0.1) is 14.3 Å². The third kappa shape index (κ3) is 9.22. The van der Waals surface area contributed by atoms with Crippen molar-refractivity contribution in [1.82, 2.24) is 0 Å². The Labute approximate surface area is 287 Å². The number of benzene rings is 4. The van der Waals surface area contributed by atoms with E-state index >= 15 is 0 Å². The Morgan fingerprint density at radius 2 is 0.975 bits per heavy atom. The zero-order valence-electron chi connectivity index (χ0n) is 21.5. The first-order valence-electron chi connectivity index (χ1n) is 11.5. The lowest BCUT2D eigenvalue weighted by molar-refractivity contribution is 0.0600. The average molecular weight is 992 g/mol. The highest BCUT2D eigenvalue weighted by Gasteiger charge is 2.15. The molecule has 0 saturated carbocycles. The molecule has 0 heterocycles. The number of carbonyl (C=O) groups is 1. The first-order chi connectivity index (χ1) is 19.2. The number of hydrogen-bond acceptors (Lipinski definition) is 7. The van der Waals surface area contributed by atoms with Crippen molar-refractivity contribution in [3.63, 3.8) is 0 Å². The summed E-state index contributed by atoms with van der Waals surface area (Å²) in [4.78, 5) is 11.6. The van der Waals surface area contributed by atoms with Crippen molar-refractivity contribution in [2.45, 2.75) is 6.61 Å². The molecular weight excluding hydrogens is 968 g/mol. The standard InChI is InChI=1S/C15H12I2O4.C14H12I2O3/c1-19-10-3-5-11(6-4-10)21-14-12(16)7-9(8-13(14)17)15(18)20-2;1-18-10-2-4-11(5-3-10)19-14-12(15)6-9(8-17)7-13(14)16/h3-8H,1-2H3;2-7,17H,8H2,1H3. The molecular formula is C29H24I4O7. The van der Waals surface area contributed by atoms with E-state index in [4.69, 9.17) is 28.8 Å². The quantitative estimate of drug-likeness (QED) is 0.140. The molecule has 0 spiro atoms. The van der Waals surface area contributed by atoms with Gasteiger partial charge in [-0.1, -0.05) is 0 Å². The Balaban J connectivity index is 0.000000222. The molecule has 0 aliphatic carbocycles.